The van der Waals surface area contributed by atoms with Gasteiger partial charge in [-0.05, 0) is 37.1 Å². The van der Waals surface area contributed by atoms with Gasteiger partial charge in [-0.25, -0.2) is 0 Å². The Bertz CT molecular complexity index is 372. The van der Waals surface area contributed by atoms with Gasteiger partial charge in [-0.1, -0.05) is 20.3 Å². The molecular formula is C15H24N2O2. The number of hydrogen-bond donors (Lipinski definition) is 3. The Morgan fingerprint density at radius 3 is 2.47 bits per heavy atom. The minimum absolute atomic E-state index is 0.0289. The zero-order valence-corrected chi connectivity index (χ0v) is 11.8. The molecule has 0 saturated carbocycles. The lowest BCUT2D eigenvalue weighted by Crippen LogP contribution is -2.36. The lowest BCUT2D eigenvalue weighted by molar-refractivity contribution is 0.0915. The van der Waals surface area contributed by atoms with E-state index in [1.54, 1.807) is 12.1 Å². The summed E-state index contributed by atoms with van der Waals surface area (Å²) in [5.41, 5.74) is 1.65. The summed E-state index contributed by atoms with van der Waals surface area (Å²) in [6, 6.07) is 7.24. The molecule has 3 N–H and O–H groups in total. The van der Waals surface area contributed by atoms with Gasteiger partial charge >= 0.3 is 0 Å². The van der Waals surface area contributed by atoms with E-state index in [1.165, 1.54) is 0 Å². The van der Waals surface area contributed by atoms with Crippen LogP contribution in [0, 0.1) is 0 Å². The van der Waals surface area contributed by atoms with Gasteiger partial charge in [0.25, 0.3) is 5.91 Å². The number of amides is 1. The third-order valence-corrected chi connectivity index (χ3v) is 3.05. The van der Waals surface area contributed by atoms with Crippen molar-refractivity contribution >= 4 is 11.6 Å². The fourth-order valence-electron chi connectivity index (χ4n) is 1.69. The highest BCUT2D eigenvalue weighted by molar-refractivity contribution is 5.94. The highest BCUT2D eigenvalue weighted by Crippen LogP contribution is 2.10. The van der Waals surface area contributed by atoms with Crippen LogP contribution in [0.25, 0.3) is 0 Å². The molecule has 1 atom stereocenters. The number of nitrogens with one attached hydrogen (secondary N) is 2. The predicted molar refractivity (Wildman–Crippen MR) is 78.5 cm³/mol. The van der Waals surface area contributed by atoms with Gasteiger partial charge in [0.15, 0.2) is 0 Å². The highest BCUT2D eigenvalue weighted by atomic mass is 16.3. The van der Waals surface area contributed by atoms with Gasteiger partial charge in [-0.3, -0.25) is 4.79 Å². The number of rotatable bonds is 8. The van der Waals surface area contributed by atoms with Crippen LogP contribution in [-0.4, -0.2) is 30.2 Å². The number of carbonyl (C=O) groups is 1. The van der Waals surface area contributed by atoms with Gasteiger partial charge in [0, 0.05) is 17.8 Å². The fraction of sp³-hybridized carbons (Fsp3) is 0.533. The maximum atomic E-state index is 11.9. The van der Waals surface area contributed by atoms with Gasteiger partial charge < -0.3 is 15.7 Å². The van der Waals surface area contributed by atoms with E-state index in [0.717, 1.165) is 31.5 Å². The first-order valence-corrected chi connectivity index (χ1v) is 6.96. The Balaban J connectivity index is 2.52. The maximum absolute atomic E-state index is 11.9. The monoisotopic (exact) mass is 264 g/mol. The zero-order valence-electron chi connectivity index (χ0n) is 11.8. The Kier molecular flexibility index (Phi) is 6.97. The first-order chi connectivity index (χ1) is 9.21. The number of aliphatic hydroxyl groups is 1. The number of carbonyl (C=O) groups excluding carboxylic acids is 1. The van der Waals surface area contributed by atoms with E-state index in [2.05, 4.69) is 17.6 Å². The first kappa shape index (κ1) is 15.5. The lowest BCUT2D eigenvalue weighted by Gasteiger charge is -2.14. The summed E-state index contributed by atoms with van der Waals surface area (Å²) in [6.07, 6.45) is 3.02. The summed E-state index contributed by atoms with van der Waals surface area (Å²) in [7, 11) is 0. The molecule has 4 heteroatoms. The van der Waals surface area contributed by atoms with Gasteiger partial charge in [-0.2, -0.15) is 0 Å². The van der Waals surface area contributed by atoms with Crippen molar-refractivity contribution < 1.29 is 9.90 Å². The van der Waals surface area contributed by atoms with Crippen LogP contribution in [0.15, 0.2) is 24.3 Å². The second kappa shape index (κ2) is 8.53. The highest BCUT2D eigenvalue weighted by Gasteiger charge is 2.10. The predicted octanol–water partition coefficient (Wildman–Crippen LogP) is 2.40. The zero-order chi connectivity index (χ0) is 14.1. The van der Waals surface area contributed by atoms with Crippen molar-refractivity contribution in [1.29, 1.82) is 0 Å². The second-order valence-corrected chi connectivity index (χ2v) is 4.62. The number of aliphatic hydroxyl groups excluding tert-OH is 1. The van der Waals surface area contributed by atoms with Gasteiger partial charge in [0.2, 0.25) is 0 Å². The van der Waals surface area contributed by atoms with Crippen LogP contribution < -0.4 is 10.6 Å². The molecule has 1 amide bonds. The van der Waals surface area contributed by atoms with Crippen LogP contribution in [0.1, 0.15) is 43.5 Å². The maximum Gasteiger partial charge on any atom is 0.251 e. The average molecular weight is 264 g/mol. The van der Waals surface area contributed by atoms with Crippen LogP contribution in [0.5, 0.6) is 0 Å². The normalized spacial score (nSPS) is 11.9. The molecule has 0 aliphatic carbocycles. The Labute approximate surface area is 115 Å². The van der Waals surface area contributed by atoms with Crippen LogP contribution >= 0.6 is 0 Å². The van der Waals surface area contributed by atoms with Crippen molar-refractivity contribution in [2.75, 3.05) is 18.5 Å². The molecule has 19 heavy (non-hydrogen) atoms. The molecule has 1 aromatic rings. The van der Waals surface area contributed by atoms with Crippen molar-refractivity contribution in [3.63, 3.8) is 0 Å². The molecule has 0 aliphatic heterocycles. The fourth-order valence-corrected chi connectivity index (χ4v) is 1.69. The number of unbranched alkanes of at least 4 members (excludes halogenated alkanes) is 1. The van der Waals surface area contributed by atoms with E-state index < -0.39 is 0 Å². The molecule has 1 rings (SSSR count). The van der Waals surface area contributed by atoms with E-state index in [4.69, 9.17) is 5.11 Å². The SMILES string of the molecule is CCCCNc1ccc(C(=O)NC(CC)CO)cc1. The molecule has 0 bridgehead atoms. The average Bonchev–Trinajstić information content (AvgIpc) is 2.45. The van der Waals surface area contributed by atoms with Crippen LogP contribution in [0.2, 0.25) is 0 Å². The molecule has 0 fully saturated rings. The molecule has 0 radical (unpaired) electrons. The Morgan fingerprint density at radius 2 is 1.95 bits per heavy atom. The third kappa shape index (κ3) is 5.30. The summed E-state index contributed by atoms with van der Waals surface area (Å²) in [5, 5.41) is 15.2. The number of benzene rings is 1. The number of hydrogen-bond acceptors (Lipinski definition) is 3. The Hall–Kier alpha value is -1.55. The van der Waals surface area contributed by atoms with Gasteiger partial charge in [0.1, 0.15) is 0 Å². The molecule has 1 unspecified atom stereocenters. The summed E-state index contributed by atoms with van der Waals surface area (Å²) >= 11 is 0. The summed E-state index contributed by atoms with van der Waals surface area (Å²) < 4.78 is 0. The first-order valence-electron chi connectivity index (χ1n) is 6.96. The summed E-state index contributed by atoms with van der Waals surface area (Å²) in [4.78, 5) is 11.9. The topological polar surface area (TPSA) is 61.4 Å². The molecular weight excluding hydrogens is 240 g/mol. The molecule has 0 saturated heterocycles. The van der Waals surface area contributed by atoms with E-state index in [0.29, 0.717) is 5.56 Å². The van der Waals surface area contributed by atoms with Crippen LogP contribution in [-0.2, 0) is 0 Å². The van der Waals surface area contributed by atoms with E-state index in [-0.39, 0.29) is 18.6 Å². The summed E-state index contributed by atoms with van der Waals surface area (Å²) in [5.74, 6) is -0.138. The second-order valence-electron chi connectivity index (χ2n) is 4.62. The molecule has 0 spiro atoms. The van der Waals surface area contributed by atoms with E-state index >= 15 is 0 Å². The number of anilines is 1. The largest absolute Gasteiger partial charge is 0.394 e. The van der Waals surface area contributed by atoms with Crippen LogP contribution in [0.4, 0.5) is 5.69 Å². The van der Waals surface area contributed by atoms with Crippen molar-refractivity contribution in [3.8, 4) is 0 Å². The van der Waals surface area contributed by atoms with Crippen LogP contribution in [0.3, 0.4) is 0 Å². The quantitative estimate of drug-likeness (QED) is 0.632. The van der Waals surface area contributed by atoms with E-state index in [1.807, 2.05) is 19.1 Å². The molecule has 1 aromatic carbocycles. The summed E-state index contributed by atoms with van der Waals surface area (Å²) in [6.45, 7) is 5.01. The molecule has 0 aliphatic rings. The van der Waals surface area contributed by atoms with Gasteiger partial charge in [0.05, 0.1) is 12.6 Å². The van der Waals surface area contributed by atoms with Crippen molar-refractivity contribution in [1.82, 2.24) is 5.32 Å². The third-order valence-electron chi connectivity index (χ3n) is 3.05. The Morgan fingerprint density at radius 1 is 1.26 bits per heavy atom. The molecule has 0 heterocycles. The van der Waals surface area contributed by atoms with Crippen molar-refractivity contribution in [3.05, 3.63) is 29.8 Å². The van der Waals surface area contributed by atoms with E-state index in [9.17, 15) is 4.79 Å². The smallest absolute Gasteiger partial charge is 0.251 e. The molecule has 106 valence electrons. The van der Waals surface area contributed by atoms with Gasteiger partial charge in [-0.15, -0.1) is 0 Å². The van der Waals surface area contributed by atoms with Crippen molar-refractivity contribution in [2.45, 2.75) is 39.2 Å². The van der Waals surface area contributed by atoms with Crippen molar-refractivity contribution in [2.24, 2.45) is 0 Å². The minimum atomic E-state index is -0.171. The lowest BCUT2D eigenvalue weighted by atomic mass is 10.1. The minimum Gasteiger partial charge on any atom is -0.394 e. The molecule has 4 nitrogen and oxygen atoms in total. The standard InChI is InChI=1S/C15H24N2O2/c1-3-5-10-16-14-8-6-12(7-9-14)15(19)17-13(4-2)11-18/h6-9,13,16,18H,3-5,10-11H2,1-2H3,(H,17,19). The molecule has 0 aromatic heterocycles.